The highest BCUT2D eigenvalue weighted by Gasteiger charge is 2.13. The molecule has 0 spiro atoms. The van der Waals surface area contributed by atoms with Crippen LogP contribution < -0.4 is 14.8 Å². The molecule has 162 valence electrons. The van der Waals surface area contributed by atoms with Crippen molar-refractivity contribution in [1.29, 1.82) is 0 Å². The fraction of sp³-hybridized carbons (Fsp3) is 0.130. The van der Waals surface area contributed by atoms with Crippen molar-refractivity contribution in [3.05, 3.63) is 78.2 Å². The van der Waals surface area contributed by atoms with E-state index >= 15 is 0 Å². The number of anilines is 1. The number of nitrogens with zero attached hydrogens (tertiary/aromatic N) is 3. The Morgan fingerprint density at radius 3 is 2.66 bits per heavy atom. The molecule has 0 radical (unpaired) electrons. The number of benzene rings is 2. The summed E-state index contributed by atoms with van der Waals surface area (Å²) < 4.78 is 17.2. The minimum atomic E-state index is -0.305. The zero-order valence-corrected chi connectivity index (χ0v) is 18.1. The molecule has 32 heavy (non-hydrogen) atoms. The van der Waals surface area contributed by atoms with Crippen LogP contribution in [-0.4, -0.2) is 27.7 Å². The topological polar surface area (TPSA) is 99.4 Å². The smallest absolute Gasteiger partial charge is 0.257 e. The van der Waals surface area contributed by atoms with E-state index in [-0.39, 0.29) is 5.91 Å². The van der Waals surface area contributed by atoms with Crippen LogP contribution in [0, 0.1) is 6.92 Å². The van der Waals surface area contributed by atoms with E-state index in [9.17, 15) is 4.79 Å². The highest BCUT2D eigenvalue weighted by atomic mass is 32.1. The molecule has 0 atom stereocenters. The van der Waals surface area contributed by atoms with E-state index in [0.29, 0.717) is 52.8 Å². The Bertz CT molecular complexity index is 1200. The molecule has 0 fully saturated rings. The SMILES string of the molecule is C=CCCOc1cc(Oc2ccc(-c3nnc(C)o3)cc2)cc(C(=O)Nc2nccs2)c1. The van der Waals surface area contributed by atoms with Crippen molar-refractivity contribution in [3.8, 4) is 28.7 Å². The van der Waals surface area contributed by atoms with Gasteiger partial charge in [-0.25, -0.2) is 4.98 Å². The average Bonchev–Trinajstić information content (AvgIpc) is 3.46. The van der Waals surface area contributed by atoms with Gasteiger partial charge >= 0.3 is 0 Å². The zero-order valence-electron chi connectivity index (χ0n) is 17.3. The fourth-order valence-corrected chi connectivity index (χ4v) is 3.30. The summed E-state index contributed by atoms with van der Waals surface area (Å²) in [5.41, 5.74) is 1.17. The third-order valence-corrected chi connectivity index (χ3v) is 4.94. The van der Waals surface area contributed by atoms with Gasteiger partial charge < -0.3 is 13.9 Å². The number of hydrogen-bond acceptors (Lipinski definition) is 8. The maximum absolute atomic E-state index is 12.7. The first-order chi connectivity index (χ1) is 15.6. The second-order valence-corrected chi connectivity index (χ2v) is 7.56. The van der Waals surface area contributed by atoms with Gasteiger partial charge in [-0.1, -0.05) is 6.08 Å². The van der Waals surface area contributed by atoms with E-state index in [1.54, 1.807) is 54.9 Å². The molecule has 2 aromatic heterocycles. The average molecular weight is 449 g/mol. The summed E-state index contributed by atoms with van der Waals surface area (Å²) >= 11 is 1.34. The van der Waals surface area contributed by atoms with Crippen LogP contribution in [0.5, 0.6) is 17.2 Å². The second kappa shape index (κ2) is 9.88. The van der Waals surface area contributed by atoms with Crippen molar-refractivity contribution in [2.45, 2.75) is 13.3 Å². The molecule has 9 heteroatoms. The van der Waals surface area contributed by atoms with Gasteiger partial charge in [0.25, 0.3) is 5.91 Å². The van der Waals surface area contributed by atoms with Gasteiger partial charge in [0.1, 0.15) is 17.2 Å². The van der Waals surface area contributed by atoms with Crippen LogP contribution in [0.25, 0.3) is 11.5 Å². The summed E-state index contributed by atoms with van der Waals surface area (Å²) in [7, 11) is 0. The van der Waals surface area contributed by atoms with E-state index in [1.165, 1.54) is 11.3 Å². The number of amides is 1. The lowest BCUT2D eigenvalue weighted by molar-refractivity contribution is 0.102. The quantitative estimate of drug-likeness (QED) is 0.266. The Kier molecular flexibility index (Phi) is 6.57. The summed E-state index contributed by atoms with van der Waals surface area (Å²) in [5, 5.41) is 12.9. The van der Waals surface area contributed by atoms with Gasteiger partial charge in [0, 0.05) is 35.7 Å². The molecule has 4 aromatic rings. The summed E-state index contributed by atoms with van der Waals surface area (Å²) in [6, 6.07) is 12.3. The molecule has 0 unspecified atom stereocenters. The van der Waals surface area contributed by atoms with Crippen molar-refractivity contribution in [2.24, 2.45) is 0 Å². The predicted molar refractivity (Wildman–Crippen MR) is 121 cm³/mol. The van der Waals surface area contributed by atoms with Crippen LogP contribution in [0.2, 0.25) is 0 Å². The van der Waals surface area contributed by atoms with Crippen molar-refractivity contribution in [3.63, 3.8) is 0 Å². The number of rotatable bonds is 9. The molecule has 2 aromatic carbocycles. The lowest BCUT2D eigenvalue weighted by Gasteiger charge is -2.12. The third-order valence-electron chi connectivity index (χ3n) is 4.25. The Morgan fingerprint density at radius 1 is 1.16 bits per heavy atom. The van der Waals surface area contributed by atoms with Gasteiger partial charge in [0.2, 0.25) is 11.8 Å². The van der Waals surface area contributed by atoms with Crippen LogP contribution >= 0.6 is 11.3 Å². The van der Waals surface area contributed by atoms with Crippen molar-refractivity contribution in [2.75, 3.05) is 11.9 Å². The van der Waals surface area contributed by atoms with E-state index in [0.717, 1.165) is 5.56 Å². The molecule has 0 aliphatic heterocycles. The molecule has 4 rings (SSSR count). The molecular weight excluding hydrogens is 428 g/mol. The molecule has 8 nitrogen and oxygen atoms in total. The monoisotopic (exact) mass is 448 g/mol. The third kappa shape index (κ3) is 5.38. The second-order valence-electron chi connectivity index (χ2n) is 6.66. The van der Waals surface area contributed by atoms with Gasteiger partial charge in [-0.15, -0.1) is 28.1 Å². The van der Waals surface area contributed by atoms with Gasteiger partial charge in [-0.3, -0.25) is 10.1 Å². The van der Waals surface area contributed by atoms with Gasteiger partial charge in [-0.05, 0) is 42.8 Å². The number of hydrogen-bond donors (Lipinski definition) is 1. The van der Waals surface area contributed by atoms with Crippen LogP contribution in [0.15, 0.2) is 71.1 Å². The maximum atomic E-state index is 12.7. The van der Waals surface area contributed by atoms with E-state index in [2.05, 4.69) is 27.1 Å². The van der Waals surface area contributed by atoms with Crippen LogP contribution in [0.3, 0.4) is 0 Å². The molecule has 1 amide bonds. The van der Waals surface area contributed by atoms with Crippen molar-refractivity contribution < 1.29 is 18.7 Å². The molecule has 0 saturated heterocycles. The fourth-order valence-electron chi connectivity index (χ4n) is 2.77. The number of nitrogens with one attached hydrogen (secondary N) is 1. The van der Waals surface area contributed by atoms with Crippen molar-refractivity contribution in [1.82, 2.24) is 15.2 Å². The van der Waals surface area contributed by atoms with Crippen LogP contribution in [-0.2, 0) is 0 Å². The van der Waals surface area contributed by atoms with Gasteiger partial charge in [0.15, 0.2) is 5.13 Å². The minimum Gasteiger partial charge on any atom is -0.493 e. The molecule has 1 N–H and O–H groups in total. The van der Waals surface area contributed by atoms with E-state index in [4.69, 9.17) is 13.9 Å². The van der Waals surface area contributed by atoms with Crippen LogP contribution in [0.1, 0.15) is 22.7 Å². The maximum Gasteiger partial charge on any atom is 0.257 e. The predicted octanol–water partition coefficient (Wildman–Crippen LogP) is 5.50. The summed E-state index contributed by atoms with van der Waals surface area (Å²) in [6.07, 6.45) is 4.08. The number of carbonyl (C=O) groups is 1. The summed E-state index contributed by atoms with van der Waals surface area (Å²) in [4.78, 5) is 16.8. The number of thiazole rings is 1. The minimum absolute atomic E-state index is 0.305. The Labute approximate surface area is 188 Å². The van der Waals surface area contributed by atoms with Gasteiger partial charge in [0.05, 0.1) is 6.61 Å². The van der Waals surface area contributed by atoms with E-state index in [1.807, 2.05) is 12.1 Å². The Hall–Kier alpha value is -3.98. The lowest BCUT2D eigenvalue weighted by Crippen LogP contribution is -2.12. The largest absolute Gasteiger partial charge is 0.493 e. The number of carbonyl (C=O) groups excluding carboxylic acids is 1. The molecule has 0 aliphatic rings. The lowest BCUT2D eigenvalue weighted by atomic mass is 10.2. The van der Waals surface area contributed by atoms with Crippen molar-refractivity contribution >= 4 is 22.4 Å². The highest BCUT2D eigenvalue weighted by molar-refractivity contribution is 7.13. The normalized spacial score (nSPS) is 10.5. The highest BCUT2D eigenvalue weighted by Crippen LogP contribution is 2.30. The number of aryl methyl sites for hydroxylation is 1. The molecular formula is C23H20N4O4S. The molecule has 0 bridgehead atoms. The number of ether oxygens (including phenoxy) is 2. The molecule has 0 saturated carbocycles. The van der Waals surface area contributed by atoms with Gasteiger partial charge in [-0.2, -0.15) is 0 Å². The first-order valence-corrected chi connectivity index (χ1v) is 10.7. The standard InChI is InChI=1S/C23H20N4O4S/c1-3-4-10-29-19-12-17(21(28)25-23-24-9-11-32-23)13-20(14-19)31-18-7-5-16(6-8-18)22-27-26-15(2)30-22/h3,5-9,11-14H,1,4,10H2,2H3,(H,24,25,28). The Morgan fingerprint density at radius 2 is 1.97 bits per heavy atom. The summed E-state index contributed by atoms with van der Waals surface area (Å²) in [5.74, 6) is 2.20. The molecule has 2 heterocycles. The first-order valence-electron chi connectivity index (χ1n) is 9.79. The first kappa shape index (κ1) is 21.3. The van der Waals surface area contributed by atoms with Crippen LogP contribution in [0.4, 0.5) is 5.13 Å². The van der Waals surface area contributed by atoms with E-state index < -0.39 is 0 Å². The molecule has 0 aliphatic carbocycles. The Balaban J connectivity index is 1.55. The summed E-state index contributed by atoms with van der Waals surface area (Å²) in [6.45, 7) is 5.87. The number of aromatic nitrogens is 3. The zero-order chi connectivity index (χ0) is 22.3.